The SMILES string of the molecule is CC(C)(C)N1C(=O)Nc2ccccc2S1=O. The van der Waals surface area contributed by atoms with Crippen LogP contribution in [0, 0.1) is 0 Å². The van der Waals surface area contributed by atoms with Crippen LogP contribution < -0.4 is 5.32 Å². The molecule has 1 N–H and O–H groups in total. The van der Waals surface area contributed by atoms with Crippen LogP contribution in [-0.4, -0.2) is 20.1 Å². The van der Waals surface area contributed by atoms with Gasteiger partial charge in [-0.15, -0.1) is 0 Å². The highest BCUT2D eigenvalue weighted by Gasteiger charge is 2.37. The number of hydrogen-bond donors (Lipinski definition) is 1. The van der Waals surface area contributed by atoms with Crippen molar-refractivity contribution in [3.63, 3.8) is 0 Å². The molecule has 5 heteroatoms. The Morgan fingerprint density at radius 2 is 1.88 bits per heavy atom. The molecule has 0 aromatic heterocycles. The van der Waals surface area contributed by atoms with E-state index in [1.54, 1.807) is 12.1 Å². The van der Waals surface area contributed by atoms with Crippen LogP contribution in [0.15, 0.2) is 29.2 Å². The van der Waals surface area contributed by atoms with Crippen LogP contribution in [0.3, 0.4) is 0 Å². The third-order valence-corrected chi connectivity index (χ3v) is 4.05. The number of para-hydroxylation sites is 1. The molecule has 0 saturated carbocycles. The summed E-state index contributed by atoms with van der Waals surface area (Å²) in [6.45, 7) is 5.58. The Balaban J connectivity index is 2.50. The second kappa shape index (κ2) is 3.59. The van der Waals surface area contributed by atoms with Gasteiger partial charge in [0.15, 0.2) is 11.0 Å². The van der Waals surface area contributed by atoms with Gasteiger partial charge in [0.25, 0.3) is 0 Å². The van der Waals surface area contributed by atoms with Crippen LogP contribution in [0.2, 0.25) is 0 Å². The maximum Gasteiger partial charge on any atom is 0.334 e. The van der Waals surface area contributed by atoms with Gasteiger partial charge < -0.3 is 5.32 Å². The van der Waals surface area contributed by atoms with Crippen molar-refractivity contribution in [1.29, 1.82) is 0 Å². The molecule has 4 nitrogen and oxygen atoms in total. The Bertz CT molecular complexity index is 465. The number of hydrogen-bond acceptors (Lipinski definition) is 2. The fourth-order valence-electron chi connectivity index (χ4n) is 1.62. The summed E-state index contributed by atoms with van der Waals surface area (Å²) in [6.07, 6.45) is 0. The lowest BCUT2D eigenvalue weighted by atomic mass is 10.1. The number of nitrogens with zero attached hydrogens (tertiary/aromatic N) is 1. The van der Waals surface area contributed by atoms with E-state index >= 15 is 0 Å². The van der Waals surface area contributed by atoms with Gasteiger partial charge in [0.05, 0.1) is 16.1 Å². The van der Waals surface area contributed by atoms with Crippen LogP contribution in [0.5, 0.6) is 0 Å². The Hall–Kier alpha value is -1.36. The molecule has 16 heavy (non-hydrogen) atoms. The Labute approximate surface area is 97.2 Å². The average Bonchev–Trinajstić information content (AvgIpc) is 2.15. The number of nitrogens with one attached hydrogen (secondary N) is 1. The predicted molar refractivity (Wildman–Crippen MR) is 63.5 cm³/mol. The first-order valence-corrected chi connectivity index (χ1v) is 6.14. The summed E-state index contributed by atoms with van der Waals surface area (Å²) in [5.41, 5.74) is 0.161. The van der Waals surface area contributed by atoms with Gasteiger partial charge in [-0.1, -0.05) is 12.1 Å². The maximum absolute atomic E-state index is 12.3. The molecule has 1 aromatic rings. The van der Waals surface area contributed by atoms with E-state index in [4.69, 9.17) is 0 Å². The maximum atomic E-state index is 12.3. The normalized spacial score (nSPS) is 20.3. The lowest BCUT2D eigenvalue weighted by Crippen LogP contribution is -2.50. The van der Waals surface area contributed by atoms with E-state index in [-0.39, 0.29) is 6.03 Å². The highest BCUT2D eigenvalue weighted by molar-refractivity contribution is 7.83. The van der Waals surface area contributed by atoms with Crippen LogP contribution in [-0.2, 0) is 11.0 Å². The third kappa shape index (κ3) is 1.71. The molecule has 0 bridgehead atoms. The van der Waals surface area contributed by atoms with Gasteiger partial charge in [-0.2, -0.15) is 0 Å². The minimum Gasteiger partial charge on any atom is -0.306 e. The molecule has 0 spiro atoms. The second-order valence-electron chi connectivity index (χ2n) is 4.64. The zero-order chi connectivity index (χ0) is 11.9. The Morgan fingerprint density at radius 1 is 1.25 bits per heavy atom. The van der Waals surface area contributed by atoms with E-state index in [0.717, 1.165) is 0 Å². The number of carbonyl (C=O) groups is 1. The molecule has 2 rings (SSSR count). The minimum atomic E-state index is -1.43. The second-order valence-corrected chi connectivity index (χ2v) is 5.94. The van der Waals surface area contributed by atoms with Crippen molar-refractivity contribution >= 4 is 22.7 Å². The first kappa shape index (κ1) is 11.1. The largest absolute Gasteiger partial charge is 0.334 e. The lowest BCUT2D eigenvalue weighted by molar-refractivity contribution is 0.211. The molecule has 1 aliphatic rings. The summed E-state index contributed by atoms with van der Waals surface area (Å²) >= 11 is 0. The molecule has 1 aliphatic heterocycles. The van der Waals surface area contributed by atoms with E-state index in [0.29, 0.717) is 10.6 Å². The lowest BCUT2D eigenvalue weighted by Gasteiger charge is -2.37. The van der Waals surface area contributed by atoms with Crippen LogP contribution in [0.25, 0.3) is 0 Å². The number of urea groups is 1. The fourth-order valence-corrected chi connectivity index (χ4v) is 3.01. The molecule has 1 aromatic carbocycles. The Kier molecular flexibility index (Phi) is 2.50. The zero-order valence-corrected chi connectivity index (χ0v) is 10.3. The molecule has 0 aliphatic carbocycles. The first-order chi connectivity index (χ1) is 7.41. The third-order valence-electron chi connectivity index (χ3n) is 2.28. The van der Waals surface area contributed by atoms with E-state index in [2.05, 4.69) is 5.32 Å². The van der Waals surface area contributed by atoms with Crippen molar-refractivity contribution < 1.29 is 9.00 Å². The van der Waals surface area contributed by atoms with Crippen LogP contribution >= 0.6 is 0 Å². The van der Waals surface area contributed by atoms with Gasteiger partial charge in [0.2, 0.25) is 0 Å². The van der Waals surface area contributed by atoms with Crippen LogP contribution in [0.4, 0.5) is 10.5 Å². The summed E-state index contributed by atoms with van der Waals surface area (Å²) in [6, 6.07) is 6.83. The molecular weight excluding hydrogens is 224 g/mol. The number of carbonyl (C=O) groups excluding carboxylic acids is 1. The summed E-state index contributed by atoms with van der Waals surface area (Å²) < 4.78 is 13.6. The van der Waals surface area contributed by atoms with E-state index in [1.807, 2.05) is 32.9 Å². The Morgan fingerprint density at radius 3 is 2.50 bits per heavy atom. The number of benzene rings is 1. The van der Waals surface area contributed by atoms with Gasteiger partial charge >= 0.3 is 6.03 Å². The molecule has 1 atom stereocenters. The number of amides is 2. The molecule has 0 fully saturated rings. The van der Waals surface area contributed by atoms with E-state index in [1.165, 1.54) is 4.31 Å². The minimum absolute atomic E-state index is 0.315. The van der Waals surface area contributed by atoms with Crippen molar-refractivity contribution in [2.24, 2.45) is 0 Å². The average molecular weight is 238 g/mol. The van der Waals surface area contributed by atoms with Crippen molar-refractivity contribution in [1.82, 2.24) is 4.31 Å². The van der Waals surface area contributed by atoms with Gasteiger partial charge in [0, 0.05) is 0 Å². The van der Waals surface area contributed by atoms with Gasteiger partial charge in [-0.3, -0.25) is 0 Å². The molecular formula is C11H14N2O2S. The quantitative estimate of drug-likeness (QED) is 0.754. The van der Waals surface area contributed by atoms with Crippen molar-refractivity contribution in [2.45, 2.75) is 31.2 Å². The van der Waals surface area contributed by atoms with Gasteiger partial charge in [-0.25, -0.2) is 13.3 Å². The number of anilines is 1. The summed E-state index contributed by atoms with van der Waals surface area (Å²) in [5, 5.41) is 2.74. The molecule has 0 saturated heterocycles. The number of fused-ring (bicyclic) bond motifs is 1. The smallest absolute Gasteiger partial charge is 0.306 e. The predicted octanol–water partition coefficient (Wildman–Crippen LogP) is 2.36. The standard InChI is InChI=1S/C11H14N2O2S/c1-11(2,3)13-10(14)12-8-6-4-5-7-9(8)16(13)15/h4-7H,1-3H3,(H,12,14). The topological polar surface area (TPSA) is 49.4 Å². The highest BCUT2D eigenvalue weighted by atomic mass is 32.2. The molecule has 86 valence electrons. The summed E-state index contributed by atoms with van der Waals surface area (Å²) in [4.78, 5) is 12.5. The summed E-state index contributed by atoms with van der Waals surface area (Å²) in [7, 11) is -1.43. The zero-order valence-electron chi connectivity index (χ0n) is 9.48. The van der Waals surface area contributed by atoms with Gasteiger partial charge in [-0.05, 0) is 32.9 Å². The highest BCUT2D eigenvalue weighted by Crippen LogP contribution is 2.31. The molecule has 2 amide bonds. The molecule has 1 unspecified atom stereocenters. The first-order valence-electron chi connectivity index (χ1n) is 5.03. The van der Waals surface area contributed by atoms with Crippen molar-refractivity contribution in [3.8, 4) is 0 Å². The van der Waals surface area contributed by atoms with Crippen LogP contribution in [0.1, 0.15) is 20.8 Å². The molecule has 1 heterocycles. The molecule has 0 radical (unpaired) electrons. The monoisotopic (exact) mass is 238 g/mol. The van der Waals surface area contributed by atoms with E-state index < -0.39 is 16.5 Å². The van der Waals surface area contributed by atoms with E-state index in [9.17, 15) is 9.00 Å². The van der Waals surface area contributed by atoms with Crippen molar-refractivity contribution in [2.75, 3.05) is 5.32 Å². The van der Waals surface area contributed by atoms with Gasteiger partial charge in [0.1, 0.15) is 0 Å². The fraction of sp³-hybridized carbons (Fsp3) is 0.364. The summed E-state index contributed by atoms with van der Waals surface area (Å²) in [5.74, 6) is 0. The number of rotatable bonds is 0. The van der Waals surface area contributed by atoms with Crippen molar-refractivity contribution in [3.05, 3.63) is 24.3 Å².